The van der Waals surface area contributed by atoms with Crippen molar-refractivity contribution in [3.05, 3.63) is 34.9 Å². The maximum atomic E-state index is 11.3. The third-order valence-corrected chi connectivity index (χ3v) is 4.46. The Morgan fingerprint density at radius 1 is 1.35 bits per heavy atom. The van der Waals surface area contributed by atoms with Gasteiger partial charge in [0.1, 0.15) is 0 Å². The lowest BCUT2D eigenvalue weighted by Crippen LogP contribution is -2.07. The molecule has 2 rings (SSSR count). The van der Waals surface area contributed by atoms with Gasteiger partial charge in [-0.1, -0.05) is 32.3 Å². The molecule has 1 aromatic rings. The zero-order valence-electron chi connectivity index (χ0n) is 11.9. The molecule has 0 atom stereocenters. The summed E-state index contributed by atoms with van der Waals surface area (Å²) < 4.78 is 0. The zero-order chi connectivity index (χ0) is 14.4. The zero-order valence-corrected chi connectivity index (χ0v) is 12.7. The summed E-state index contributed by atoms with van der Waals surface area (Å²) in [5, 5.41) is 10.2. The number of aromatic carboxylic acids is 1. The standard InChI is InChI=1S/C16H21NO2S/c1-2-3-4-5-6-12-7-8-13(16(18)19)14(11-12)15-17-9-10-20-15/h7-8,11H,2-6,9-10H2,1H3,(H,18,19). The van der Waals surface area contributed by atoms with E-state index in [1.54, 1.807) is 17.8 Å². The molecule has 0 unspecified atom stereocenters. The Kier molecular flexibility index (Phi) is 5.65. The van der Waals surface area contributed by atoms with Crippen molar-refractivity contribution in [3.8, 4) is 0 Å². The second-order valence-corrected chi connectivity index (χ2v) is 6.11. The Hall–Kier alpha value is -1.29. The molecule has 0 saturated heterocycles. The monoisotopic (exact) mass is 291 g/mol. The van der Waals surface area contributed by atoms with Crippen LogP contribution in [0.2, 0.25) is 0 Å². The van der Waals surface area contributed by atoms with Crippen molar-refractivity contribution in [2.75, 3.05) is 12.3 Å². The summed E-state index contributed by atoms with van der Waals surface area (Å²) in [4.78, 5) is 15.7. The first-order chi connectivity index (χ1) is 9.72. The van der Waals surface area contributed by atoms with E-state index in [0.29, 0.717) is 5.56 Å². The average molecular weight is 291 g/mol. The van der Waals surface area contributed by atoms with E-state index in [1.165, 1.54) is 31.2 Å². The third kappa shape index (κ3) is 3.85. The first kappa shape index (κ1) is 15.1. The molecule has 108 valence electrons. The molecule has 1 aliphatic rings. The Morgan fingerprint density at radius 3 is 2.85 bits per heavy atom. The fourth-order valence-corrected chi connectivity index (χ4v) is 3.25. The molecule has 0 fully saturated rings. The molecule has 1 aliphatic heterocycles. The highest BCUT2D eigenvalue weighted by Gasteiger charge is 2.18. The molecule has 3 nitrogen and oxygen atoms in total. The van der Waals surface area contributed by atoms with Gasteiger partial charge < -0.3 is 5.11 Å². The Morgan fingerprint density at radius 2 is 2.20 bits per heavy atom. The lowest BCUT2D eigenvalue weighted by Gasteiger charge is -2.09. The van der Waals surface area contributed by atoms with E-state index in [-0.39, 0.29) is 0 Å². The number of carbonyl (C=O) groups is 1. The summed E-state index contributed by atoms with van der Waals surface area (Å²) in [7, 11) is 0. The molecule has 1 N–H and O–H groups in total. The maximum absolute atomic E-state index is 11.3. The van der Waals surface area contributed by atoms with Crippen molar-refractivity contribution < 1.29 is 9.90 Å². The van der Waals surface area contributed by atoms with E-state index in [9.17, 15) is 9.90 Å². The van der Waals surface area contributed by atoms with Crippen molar-refractivity contribution in [3.63, 3.8) is 0 Å². The van der Waals surface area contributed by atoms with Gasteiger partial charge in [0.15, 0.2) is 0 Å². The predicted octanol–water partition coefficient (Wildman–Crippen LogP) is 4.00. The van der Waals surface area contributed by atoms with E-state index < -0.39 is 5.97 Å². The minimum absolute atomic E-state index is 0.371. The largest absolute Gasteiger partial charge is 0.478 e. The van der Waals surface area contributed by atoms with E-state index in [1.807, 2.05) is 12.1 Å². The van der Waals surface area contributed by atoms with Gasteiger partial charge in [0, 0.05) is 17.9 Å². The highest BCUT2D eigenvalue weighted by molar-refractivity contribution is 8.14. The predicted molar refractivity (Wildman–Crippen MR) is 85.1 cm³/mol. The Labute approximate surface area is 124 Å². The molecule has 0 bridgehead atoms. The molecule has 0 spiro atoms. The molecule has 0 saturated carbocycles. The number of hydrogen-bond donors (Lipinski definition) is 1. The van der Waals surface area contributed by atoms with E-state index in [0.717, 1.165) is 29.3 Å². The molecule has 1 aromatic carbocycles. The van der Waals surface area contributed by atoms with Gasteiger partial charge >= 0.3 is 5.97 Å². The molecule has 0 aliphatic carbocycles. The van der Waals surface area contributed by atoms with Crippen molar-refractivity contribution in [1.29, 1.82) is 0 Å². The van der Waals surface area contributed by atoms with Gasteiger partial charge in [-0.15, -0.1) is 11.8 Å². The van der Waals surface area contributed by atoms with Crippen LogP contribution in [0.15, 0.2) is 23.2 Å². The van der Waals surface area contributed by atoms with Crippen molar-refractivity contribution >= 4 is 22.8 Å². The van der Waals surface area contributed by atoms with Crippen LogP contribution in [-0.4, -0.2) is 28.4 Å². The topological polar surface area (TPSA) is 49.7 Å². The van der Waals surface area contributed by atoms with Gasteiger partial charge in [0.2, 0.25) is 0 Å². The van der Waals surface area contributed by atoms with Gasteiger partial charge in [-0.25, -0.2) is 4.79 Å². The minimum Gasteiger partial charge on any atom is -0.478 e. The van der Waals surface area contributed by atoms with Crippen LogP contribution < -0.4 is 0 Å². The van der Waals surface area contributed by atoms with E-state index in [4.69, 9.17) is 0 Å². The van der Waals surface area contributed by atoms with Crippen LogP contribution >= 0.6 is 11.8 Å². The third-order valence-electron chi connectivity index (χ3n) is 3.45. The molecule has 1 heterocycles. The van der Waals surface area contributed by atoms with Crippen molar-refractivity contribution in [1.82, 2.24) is 0 Å². The first-order valence-electron chi connectivity index (χ1n) is 7.26. The van der Waals surface area contributed by atoms with Crippen molar-refractivity contribution in [2.45, 2.75) is 39.0 Å². The number of carboxylic acids is 1. The maximum Gasteiger partial charge on any atom is 0.336 e. The number of carboxylic acid groups (broad SMARTS) is 1. The summed E-state index contributed by atoms with van der Waals surface area (Å²) in [5.41, 5.74) is 2.39. The van der Waals surface area contributed by atoms with Crippen LogP contribution in [0.3, 0.4) is 0 Å². The van der Waals surface area contributed by atoms with Crippen molar-refractivity contribution in [2.24, 2.45) is 4.99 Å². The molecule has 0 aromatic heterocycles. The number of unbranched alkanes of at least 4 members (excludes halogenated alkanes) is 3. The summed E-state index contributed by atoms with van der Waals surface area (Å²) >= 11 is 1.65. The highest BCUT2D eigenvalue weighted by Crippen LogP contribution is 2.24. The smallest absolute Gasteiger partial charge is 0.336 e. The normalized spacial score (nSPS) is 14.3. The Balaban J connectivity index is 2.15. The van der Waals surface area contributed by atoms with Gasteiger partial charge in [0.25, 0.3) is 0 Å². The summed E-state index contributed by atoms with van der Waals surface area (Å²) in [6.45, 7) is 3.00. The number of aliphatic imine (C=N–C) groups is 1. The number of hydrogen-bond acceptors (Lipinski definition) is 3. The molecule has 4 heteroatoms. The summed E-state index contributed by atoms with van der Waals surface area (Å²) in [6, 6.07) is 5.69. The molecular formula is C16H21NO2S. The van der Waals surface area contributed by atoms with E-state index in [2.05, 4.69) is 11.9 Å². The number of rotatable bonds is 7. The van der Waals surface area contributed by atoms with Crippen LogP contribution in [0, 0.1) is 0 Å². The second kappa shape index (κ2) is 7.48. The molecule has 0 amide bonds. The highest BCUT2D eigenvalue weighted by atomic mass is 32.2. The summed E-state index contributed by atoms with van der Waals surface area (Å²) in [5.74, 6) is 0.0857. The van der Waals surface area contributed by atoms with Crippen LogP contribution in [0.5, 0.6) is 0 Å². The first-order valence-corrected chi connectivity index (χ1v) is 8.24. The van der Waals surface area contributed by atoms with Crippen LogP contribution in [-0.2, 0) is 6.42 Å². The van der Waals surface area contributed by atoms with Gasteiger partial charge in [0.05, 0.1) is 10.6 Å². The number of aryl methyl sites for hydroxylation is 1. The van der Waals surface area contributed by atoms with E-state index >= 15 is 0 Å². The van der Waals surface area contributed by atoms with Crippen LogP contribution in [0.1, 0.15) is 54.1 Å². The minimum atomic E-state index is -0.868. The van der Waals surface area contributed by atoms with Gasteiger partial charge in [-0.05, 0) is 30.5 Å². The second-order valence-electron chi connectivity index (χ2n) is 5.03. The number of nitrogens with zero attached hydrogens (tertiary/aromatic N) is 1. The lowest BCUT2D eigenvalue weighted by atomic mass is 10.0. The van der Waals surface area contributed by atoms with Gasteiger partial charge in [-0.3, -0.25) is 4.99 Å². The quantitative estimate of drug-likeness (QED) is 0.772. The molecule has 20 heavy (non-hydrogen) atoms. The number of thioether (sulfide) groups is 1. The number of benzene rings is 1. The lowest BCUT2D eigenvalue weighted by molar-refractivity contribution is 0.0696. The van der Waals surface area contributed by atoms with Gasteiger partial charge in [-0.2, -0.15) is 0 Å². The molecular weight excluding hydrogens is 270 g/mol. The fraction of sp³-hybridized carbons (Fsp3) is 0.500. The average Bonchev–Trinajstić information content (AvgIpc) is 2.97. The SMILES string of the molecule is CCCCCCc1ccc(C(=O)O)c(C2=NCCS2)c1. The molecule has 0 radical (unpaired) electrons. The van der Waals surface area contributed by atoms with Crippen LogP contribution in [0.25, 0.3) is 0 Å². The fourth-order valence-electron chi connectivity index (χ4n) is 2.36. The van der Waals surface area contributed by atoms with Crippen LogP contribution in [0.4, 0.5) is 0 Å². The summed E-state index contributed by atoms with van der Waals surface area (Å²) in [6.07, 6.45) is 5.92. The Bertz CT molecular complexity index is 511.